The molecule has 33 atom stereocenters. The summed E-state index contributed by atoms with van der Waals surface area (Å²) in [7, 11) is 4.44. The van der Waals surface area contributed by atoms with Crippen LogP contribution in [0.5, 0.6) is 0 Å². The molecule has 5 saturated heterocycles. The summed E-state index contributed by atoms with van der Waals surface area (Å²) in [5.74, 6) is -0.336. The lowest BCUT2D eigenvalue weighted by molar-refractivity contribution is -0.385. The molecule has 26 nitrogen and oxygen atoms in total. The number of ether oxygens (including phenoxy) is 13. The standard InChI is InChI=1S/C54H92O26/c1-22-42(28(68-7)17-34(71-22)74-27-11-12-50(5)26(16-27)10-13-53(66)32(50)19-33(58)51(6)52(65,25(4)57)14-15-54(51,53)67)77-35-18-29(69-8)43(23(2)72-35)78-49-41(64)46(70-9)44(24(3)73-49)79-48-40(63)38(61)45(31(21-56)76-48)80-47-39(62)37(60)36(59)30(20-55)75-47/h22-49,55-67H,10-21H2,1-9H3/t22-,23-,24-,25?,26+,27+,28+,29-,30-,31-,32-,33-,34+,35+,36-,37+,38-,39-,40-,41-,42-,43-,44-,45-,46-,47+,48+,49+,50+,51-,52-,53+,54-/m1/s1. The maximum atomic E-state index is 12.6. The van der Waals surface area contributed by atoms with Crippen LogP contribution in [0.1, 0.15) is 106 Å². The summed E-state index contributed by atoms with van der Waals surface area (Å²) < 4.78 is 79.5. The first-order valence-corrected chi connectivity index (χ1v) is 28.7. The fourth-order valence-corrected chi connectivity index (χ4v) is 16.0. The van der Waals surface area contributed by atoms with E-state index in [2.05, 4.69) is 6.92 Å². The van der Waals surface area contributed by atoms with Crippen LogP contribution >= 0.6 is 0 Å². The molecule has 1 unspecified atom stereocenters. The van der Waals surface area contributed by atoms with E-state index in [0.717, 1.165) is 0 Å². The fraction of sp³-hybridized carbons (Fsp3) is 1.00. The van der Waals surface area contributed by atoms with Crippen molar-refractivity contribution < 1.29 is 128 Å². The molecule has 0 bridgehead atoms. The van der Waals surface area contributed by atoms with E-state index < -0.39 is 200 Å². The van der Waals surface area contributed by atoms with Crippen molar-refractivity contribution in [2.45, 2.75) is 282 Å². The zero-order valence-electron chi connectivity index (χ0n) is 47.3. The molecule has 4 aliphatic carbocycles. The molecule has 0 aromatic heterocycles. The second kappa shape index (κ2) is 24.3. The van der Waals surface area contributed by atoms with Crippen LogP contribution in [0.3, 0.4) is 0 Å². The summed E-state index contributed by atoms with van der Waals surface area (Å²) in [6.07, 6.45) is -26.7. The monoisotopic (exact) mass is 1160 g/mol. The van der Waals surface area contributed by atoms with Crippen molar-refractivity contribution >= 4 is 0 Å². The van der Waals surface area contributed by atoms with Crippen molar-refractivity contribution in [3.63, 3.8) is 0 Å². The van der Waals surface area contributed by atoms with E-state index in [-0.39, 0.29) is 44.1 Å². The van der Waals surface area contributed by atoms with Crippen LogP contribution in [-0.2, 0) is 61.6 Å². The lowest BCUT2D eigenvalue weighted by atomic mass is 9.40. The molecule has 26 heteroatoms. The van der Waals surface area contributed by atoms with Crippen molar-refractivity contribution in [2.75, 3.05) is 34.5 Å². The van der Waals surface area contributed by atoms with Gasteiger partial charge in [-0.2, -0.15) is 0 Å². The zero-order chi connectivity index (χ0) is 58.3. The molecular formula is C54H92O26. The summed E-state index contributed by atoms with van der Waals surface area (Å²) in [5.41, 5.74) is -7.12. The molecule has 9 aliphatic rings. The molecule has 13 N–H and O–H groups in total. The Morgan fingerprint density at radius 1 is 0.512 bits per heavy atom. The molecule has 5 heterocycles. The minimum atomic E-state index is -1.86. The third-order valence-electron chi connectivity index (χ3n) is 21.0. The minimum absolute atomic E-state index is 0.0591. The average Bonchev–Trinajstić information content (AvgIpc) is 3.80. The Balaban J connectivity index is 0.768. The molecule has 0 spiro atoms. The number of aliphatic hydroxyl groups excluding tert-OH is 10. The molecule has 5 aliphatic heterocycles. The predicted molar refractivity (Wildman–Crippen MR) is 269 cm³/mol. The SMILES string of the molecule is CO[C@@H]1[C@@H](O)[C@H](O[C@@H]2[C@@H](C)O[C@@H](O[C@H]3[C@@H](OC)C[C@H](O[C@H]4CC[C@@]5(C)[C@@H](CC[C@]6(O)[C@@H]5C[C@@H](O)[C@@]5(C)[C@]6(O)CC[C@@]5(O)C(C)O)C4)O[C@@H]3C)C[C@H]2OC)O[C@H](C)[C@H]1O[C@@H]1O[C@H](CO)[C@@H](O[C@@H]2O[C@H](CO)[C@@H](O)[C@H](O)[C@H]2O)[C@H](O)[C@H]1O. The highest BCUT2D eigenvalue weighted by atomic mass is 16.8. The molecule has 0 radical (unpaired) electrons. The van der Waals surface area contributed by atoms with E-state index in [4.69, 9.17) is 61.6 Å². The Kier molecular flexibility index (Phi) is 19.2. The average molecular weight is 1160 g/mol. The van der Waals surface area contributed by atoms with Crippen molar-refractivity contribution in [3.05, 3.63) is 0 Å². The van der Waals surface area contributed by atoms with Crippen molar-refractivity contribution in [1.29, 1.82) is 0 Å². The topological polar surface area (TPSA) is 383 Å². The second-order valence-electron chi connectivity index (χ2n) is 24.9. The molecule has 464 valence electrons. The normalized spacial score (nSPS) is 56.0. The van der Waals surface area contributed by atoms with Gasteiger partial charge in [0.05, 0.1) is 73.1 Å². The zero-order valence-corrected chi connectivity index (χ0v) is 47.3. The predicted octanol–water partition coefficient (Wildman–Crippen LogP) is -3.07. The van der Waals surface area contributed by atoms with E-state index in [1.54, 1.807) is 27.9 Å². The maximum absolute atomic E-state index is 12.6. The number of fused-ring (bicyclic) bond motifs is 5. The molecule has 9 rings (SSSR count). The second-order valence-corrected chi connectivity index (χ2v) is 24.9. The van der Waals surface area contributed by atoms with Gasteiger partial charge >= 0.3 is 0 Å². The third kappa shape index (κ3) is 10.6. The van der Waals surface area contributed by atoms with Crippen LogP contribution in [0.15, 0.2) is 0 Å². The lowest BCUT2D eigenvalue weighted by Gasteiger charge is -2.69. The number of hydrogen-bond donors (Lipinski definition) is 13. The van der Waals surface area contributed by atoms with Crippen molar-refractivity contribution in [2.24, 2.45) is 22.7 Å². The lowest BCUT2D eigenvalue weighted by Crippen LogP contribution is -2.79. The summed E-state index contributed by atoms with van der Waals surface area (Å²) in [6.45, 7) is 8.95. The molecule has 9 fully saturated rings. The van der Waals surface area contributed by atoms with E-state index in [1.165, 1.54) is 21.1 Å². The summed E-state index contributed by atoms with van der Waals surface area (Å²) in [4.78, 5) is 0. The molecule has 0 aromatic carbocycles. The van der Waals surface area contributed by atoms with Crippen LogP contribution in [-0.4, -0.2) is 277 Å². The van der Waals surface area contributed by atoms with Gasteiger partial charge in [-0.25, -0.2) is 0 Å². The Bertz CT molecular complexity index is 2050. The molecule has 0 aromatic rings. The molecule has 4 saturated carbocycles. The van der Waals surface area contributed by atoms with Crippen LogP contribution in [0, 0.1) is 22.7 Å². The van der Waals surface area contributed by atoms with Gasteiger partial charge in [-0.3, -0.25) is 0 Å². The van der Waals surface area contributed by atoms with Gasteiger partial charge in [0.1, 0.15) is 90.6 Å². The Morgan fingerprint density at radius 2 is 1.05 bits per heavy atom. The van der Waals surface area contributed by atoms with Gasteiger partial charge in [0.2, 0.25) is 0 Å². The summed E-state index contributed by atoms with van der Waals surface area (Å²) in [5, 5.41) is 144. The van der Waals surface area contributed by atoms with Crippen LogP contribution in [0.25, 0.3) is 0 Å². The largest absolute Gasteiger partial charge is 0.394 e. The van der Waals surface area contributed by atoms with E-state index in [9.17, 15) is 66.4 Å². The highest BCUT2D eigenvalue weighted by molar-refractivity contribution is 5.30. The van der Waals surface area contributed by atoms with Gasteiger partial charge in [-0.15, -0.1) is 0 Å². The number of aliphatic hydroxyl groups is 13. The van der Waals surface area contributed by atoms with Crippen LogP contribution in [0.2, 0.25) is 0 Å². The van der Waals surface area contributed by atoms with Gasteiger partial charge < -0.3 is 128 Å². The van der Waals surface area contributed by atoms with Crippen molar-refractivity contribution in [1.82, 2.24) is 0 Å². The third-order valence-corrected chi connectivity index (χ3v) is 21.0. The first-order chi connectivity index (χ1) is 37.7. The fourth-order valence-electron chi connectivity index (χ4n) is 16.0. The number of methoxy groups -OCH3 is 3. The molecule has 80 heavy (non-hydrogen) atoms. The quantitative estimate of drug-likeness (QED) is 0.0682. The summed E-state index contributed by atoms with van der Waals surface area (Å²) in [6, 6.07) is 0. The van der Waals surface area contributed by atoms with Gasteiger partial charge in [0, 0.05) is 34.2 Å². The smallest absolute Gasteiger partial charge is 0.187 e. The Hall–Kier alpha value is -1.04. The van der Waals surface area contributed by atoms with Gasteiger partial charge in [-0.1, -0.05) is 13.8 Å². The van der Waals surface area contributed by atoms with Crippen LogP contribution in [0.4, 0.5) is 0 Å². The van der Waals surface area contributed by atoms with Gasteiger partial charge in [0.15, 0.2) is 31.5 Å². The molecule has 0 amide bonds. The highest BCUT2D eigenvalue weighted by Crippen LogP contribution is 2.72. The Labute approximate surface area is 466 Å². The van der Waals surface area contributed by atoms with E-state index in [1.807, 2.05) is 6.92 Å². The highest BCUT2D eigenvalue weighted by Gasteiger charge is 2.80. The Morgan fingerprint density at radius 3 is 1.64 bits per heavy atom. The van der Waals surface area contributed by atoms with E-state index >= 15 is 0 Å². The first-order valence-electron chi connectivity index (χ1n) is 28.7. The number of hydrogen-bond acceptors (Lipinski definition) is 26. The van der Waals surface area contributed by atoms with Gasteiger partial charge in [-0.05, 0) is 96.3 Å². The van der Waals surface area contributed by atoms with Crippen LogP contribution < -0.4 is 0 Å². The van der Waals surface area contributed by atoms with E-state index in [0.29, 0.717) is 32.1 Å². The van der Waals surface area contributed by atoms with Crippen molar-refractivity contribution in [3.8, 4) is 0 Å². The minimum Gasteiger partial charge on any atom is -0.394 e. The maximum Gasteiger partial charge on any atom is 0.187 e. The van der Waals surface area contributed by atoms with Gasteiger partial charge in [0.25, 0.3) is 0 Å². The summed E-state index contributed by atoms with van der Waals surface area (Å²) >= 11 is 0. The number of rotatable bonds is 16. The molecular weight excluding hydrogens is 1060 g/mol. The first kappa shape index (κ1) is 63.5.